The van der Waals surface area contributed by atoms with E-state index >= 15 is 0 Å². The van der Waals surface area contributed by atoms with Gasteiger partial charge in [0.2, 0.25) is 0 Å². The molecule has 3 unspecified atom stereocenters. The molecule has 18 heavy (non-hydrogen) atoms. The Morgan fingerprint density at radius 2 is 2.22 bits per heavy atom. The topological polar surface area (TPSA) is 78.9 Å². The molecule has 0 aromatic heterocycles. The second-order valence-corrected chi connectivity index (χ2v) is 5.67. The summed E-state index contributed by atoms with van der Waals surface area (Å²) in [5.74, 6) is -1.56. The van der Waals surface area contributed by atoms with Gasteiger partial charge in [0.15, 0.2) is 0 Å². The normalized spacial score (nSPS) is 24.6. The lowest BCUT2D eigenvalue weighted by Crippen LogP contribution is -2.49. The second-order valence-electron chi connectivity index (χ2n) is 4.39. The first-order valence-corrected chi connectivity index (χ1v) is 7.10. The molecule has 0 bridgehead atoms. The van der Waals surface area contributed by atoms with E-state index in [1.165, 1.54) is 4.90 Å². The third-order valence-electron chi connectivity index (χ3n) is 3.13. The monoisotopic (exact) mass is 276 g/mol. The first-order valence-electron chi connectivity index (χ1n) is 5.81. The van der Waals surface area contributed by atoms with Gasteiger partial charge < -0.3 is 20.1 Å². The smallest absolute Gasteiger partial charge is 0.317 e. The molecule has 0 radical (unpaired) electrons. The quantitative estimate of drug-likeness (QED) is 0.763. The van der Waals surface area contributed by atoms with E-state index in [2.05, 4.69) is 5.32 Å². The van der Waals surface area contributed by atoms with E-state index in [-0.39, 0.29) is 19.2 Å². The molecular weight excluding hydrogens is 256 g/mol. The summed E-state index contributed by atoms with van der Waals surface area (Å²) in [6.07, 6.45) is 1.98. The van der Waals surface area contributed by atoms with Gasteiger partial charge in [-0.1, -0.05) is 6.92 Å². The summed E-state index contributed by atoms with van der Waals surface area (Å²) >= 11 is 1.66. The third kappa shape index (κ3) is 3.78. The van der Waals surface area contributed by atoms with E-state index < -0.39 is 17.9 Å². The van der Waals surface area contributed by atoms with Gasteiger partial charge in [0.05, 0.1) is 19.3 Å². The molecule has 1 saturated heterocycles. The third-order valence-corrected chi connectivity index (χ3v) is 4.10. The number of nitrogens with zero attached hydrogens (tertiary/aromatic N) is 1. The van der Waals surface area contributed by atoms with Gasteiger partial charge in [-0.15, -0.1) is 0 Å². The molecular formula is C11H20N2O4S. The van der Waals surface area contributed by atoms with Crippen molar-refractivity contribution in [3.8, 4) is 0 Å². The van der Waals surface area contributed by atoms with Crippen molar-refractivity contribution in [2.24, 2.45) is 5.92 Å². The van der Waals surface area contributed by atoms with Crippen molar-refractivity contribution in [2.75, 3.05) is 33.1 Å². The van der Waals surface area contributed by atoms with Crippen LogP contribution in [0.1, 0.15) is 6.92 Å². The highest BCUT2D eigenvalue weighted by Gasteiger charge is 2.38. The van der Waals surface area contributed by atoms with Crippen molar-refractivity contribution in [1.29, 1.82) is 0 Å². The fourth-order valence-corrected chi connectivity index (χ4v) is 2.00. The molecule has 2 N–H and O–H groups in total. The number of carboxylic acid groups (broad SMARTS) is 1. The highest BCUT2D eigenvalue weighted by molar-refractivity contribution is 7.99. The Morgan fingerprint density at radius 1 is 1.56 bits per heavy atom. The van der Waals surface area contributed by atoms with E-state index in [0.717, 1.165) is 0 Å². The van der Waals surface area contributed by atoms with Crippen LogP contribution in [0.4, 0.5) is 4.79 Å². The Bertz CT molecular complexity index is 313. The Morgan fingerprint density at radius 3 is 2.78 bits per heavy atom. The largest absolute Gasteiger partial charge is 0.481 e. The van der Waals surface area contributed by atoms with E-state index in [1.807, 2.05) is 13.2 Å². The molecule has 1 aliphatic heterocycles. The molecule has 1 aliphatic rings. The summed E-state index contributed by atoms with van der Waals surface area (Å²) in [4.78, 5) is 24.3. The number of hydrogen-bond acceptors (Lipinski definition) is 4. The number of amides is 2. The van der Waals surface area contributed by atoms with Crippen molar-refractivity contribution in [3.05, 3.63) is 0 Å². The van der Waals surface area contributed by atoms with Gasteiger partial charge >= 0.3 is 12.0 Å². The molecule has 1 heterocycles. The Labute approximate surface area is 111 Å². The standard InChI is InChI=1S/C11H20N2O4S/c1-7(18-3)4-12-11(16)13(2)9-6-17-5-8(9)10(14)15/h7-9H,4-6H2,1-3H3,(H,12,16)(H,14,15). The van der Waals surface area contributed by atoms with Gasteiger partial charge in [-0.05, 0) is 6.26 Å². The van der Waals surface area contributed by atoms with Crippen LogP contribution in [0.3, 0.4) is 0 Å². The summed E-state index contributed by atoms with van der Waals surface area (Å²) in [5, 5.41) is 12.1. The molecule has 0 spiro atoms. The van der Waals surface area contributed by atoms with Crippen LogP contribution >= 0.6 is 11.8 Å². The lowest BCUT2D eigenvalue weighted by molar-refractivity contribution is -0.142. The number of thioether (sulfide) groups is 1. The molecule has 0 saturated carbocycles. The fourth-order valence-electron chi connectivity index (χ4n) is 1.75. The van der Waals surface area contributed by atoms with E-state index in [9.17, 15) is 9.59 Å². The van der Waals surface area contributed by atoms with Crippen LogP contribution in [0, 0.1) is 5.92 Å². The zero-order valence-corrected chi connectivity index (χ0v) is 11.7. The minimum atomic E-state index is -0.922. The number of aliphatic carboxylic acids is 1. The molecule has 2 amide bonds. The number of likely N-dealkylation sites (N-methyl/N-ethyl adjacent to an activating group) is 1. The van der Waals surface area contributed by atoms with Gasteiger partial charge in [0.1, 0.15) is 5.92 Å². The molecule has 7 heteroatoms. The average molecular weight is 276 g/mol. The zero-order valence-electron chi connectivity index (χ0n) is 10.9. The predicted octanol–water partition coefficient (Wildman–Crippen LogP) is 0.479. The Kier molecular flexibility index (Phi) is 5.74. The maximum absolute atomic E-state index is 11.9. The summed E-state index contributed by atoms with van der Waals surface area (Å²) < 4.78 is 5.14. The van der Waals surface area contributed by atoms with Crippen LogP contribution in [-0.2, 0) is 9.53 Å². The van der Waals surface area contributed by atoms with Crippen molar-refractivity contribution in [2.45, 2.75) is 18.2 Å². The van der Waals surface area contributed by atoms with Crippen LogP contribution in [-0.4, -0.2) is 66.4 Å². The number of nitrogens with one attached hydrogen (secondary N) is 1. The highest BCUT2D eigenvalue weighted by atomic mass is 32.2. The molecule has 0 aromatic carbocycles. The van der Waals surface area contributed by atoms with Gasteiger partial charge in [-0.2, -0.15) is 11.8 Å². The lowest BCUT2D eigenvalue weighted by Gasteiger charge is -2.27. The van der Waals surface area contributed by atoms with Crippen LogP contribution < -0.4 is 5.32 Å². The molecule has 104 valence electrons. The summed E-state index contributed by atoms with van der Waals surface area (Å²) in [5.41, 5.74) is 0. The number of hydrogen-bond donors (Lipinski definition) is 2. The number of rotatable bonds is 5. The molecule has 1 rings (SSSR count). The van der Waals surface area contributed by atoms with Gasteiger partial charge in [0.25, 0.3) is 0 Å². The van der Waals surface area contributed by atoms with Crippen LogP contribution in [0.5, 0.6) is 0 Å². The average Bonchev–Trinajstić information content (AvgIpc) is 2.83. The van der Waals surface area contributed by atoms with Crippen molar-refractivity contribution < 1.29 is 19.4 Å². The first-order chi connectivity index (χ1) is 8.47. The van der Waals surface area contributed by atoms with Crippen molar-refractivity contribution in [1.82, 2.24) is 10.2 Å². The molecule has 0 aliphatic carbocycles. The molecule has 0 aromatic rings. The minimum Gasteiger partial charge on any atom is -0.481 e. The predicted molar refractivity (Wildman–Crippen MR) is 69.9 cm³/mol. The van der Waals surface area contributed by atoms with Gasteiger partial charge in [0, 0.05) is 18.8 Å². The van der Waals surface area contributed by atoms with Crippen LogP contribution in [0.25, 0.3) is 0 Å². The summed E-state index contributed by atoms with van der Waals surface area (Å²) in [6.45, 7) is 3.02. The lowest BCUT2D eigenvalue weighted by atomic mass is 10.0. The molecule has 6 nitrogen and oxygen atoms in total. The number of ether oxygens (including phenoxy) is 1. The minimum absolute atomic E-state index is 0.166. The van der Waals surface area contributed by atoms with Crippen LogP contribution in [0.15, 0.2) is 0 Å². The number of carbonyl (C=O) groups is 2. The maximum atomic E-state index is 11.9. The summed E-state index contributed by atoms with van der Waals surface area (Å²) in [7, 11) is 1.61. The Balaban J connectivity index is 2.50. The van der Waals surface area contributed by atoms with Crippen molar-refractivity contribution >= 4 is 23.8 Å². The number of urea groups is 1. The highest BCUT2D eigenvalue weighted by Crippen LogP contribution is 2.19. The van der Waals surface area contributed by atoms with E-state index in [1.54, 1.807) is 18.8 Å². The first kappa shape index (κ1) is 15.1. The maximum Gasteiger partial charge on any atom is 0.317 e. The fraction of sp³-hybridized carbons (Fsp3) is 0.818. The van der Waals surface area contributed by atoms with Gasteiger partial charge in [-0.3, -0.25) is 4.79 Å². The Hall–Kier alpha value is -0.950. The zero-order chi connectivity index (χ0) is 13.7. The van der Waals surface area contributed by atoms with E-state index in [0.29, 0.717) is 11.8 Å². The van der Waals surface area contributed by atoms with E-state index in [4.69, 9.17) is 9.84 Å². The molecule has 1 fully saturated rings. The van der Waals surface area contributed by atoms with Crippen LogP contribution in [0.2, 0.25) is 0 Å². The number of carboxylic acids is 1. The number of carbonyl (C=O) groups excluding carboxylic acids is 1. The molecule has 3 atom stereocenters. The SMILES string of the molecule is CSC(C)CNC(=O)N(C)C1COCC1C(=O)O. The van der Waals surface area contributed by atoms with Crippen molar-refractivity contribution in [3.63, 3.8) is 0 Å². The van der Waals surface area contributed by atoms with Gasteiger partial charge in [-0.25, -0.2) is 4.79 Å². The summed E-state index contributed by atoms with van der Waals surface area (Å²) in [6, 6.07) is -0.648. The second kappa shape index (κ2) is 6.84.